The van der Waals surface area contributed by atoms with Crippen LogP contribution in [-0.4, -0.2) is 44.4 Å². The molecule has 1 unspecified atom stereocenters. The SMILES string of the molecule is COCC1CNCCN1c1nccc2ccccc12. The van der Waals surface area contributed by atoms with Crippen LogP contribution in [0.5, 0.6) is 0 Å². The average molecular weight is 257 g/mol. The number of piperazine rings is 1. The van der Waals surface area contributed by atoms with E-state index in [0.29, 0.717) is 6.04 Å². The summed E-state index contributed by atoms with van der Waals surface area (Å²) in [6.07, 6.45) is 1.89. The van der Waals surface area contributed by atoms with Crippen molar-refractivity contribution in [1.29, 1.82) is 0 Å². The van der Waals surface area contributed by atoms with Gasteiger partial charge in [-0.15, -0.1) is 0 Å². The fourth-order valence-electron chi connectivity index (χ4n) is 2.71. The van der Waals surface area contributed by atoms with Crippen LogP contribution in [0, 0.1) is 0 Å². The number of benzene rings is 1. The lowest BCUT2D eigenvalue weighted by Crippen LogP contribution is -2.53. The van der Waals surface area contributed by atoms with Gasteiger partial charge in [0.25, 0.3) is 0 Å². The monoisotopic (exact) mass is 257 g/mol. The lowest BCUT2D eigenvalue weighted by molar-refractivity contribution is 0.170. The first-order valence-corrected chi connectivity index (χ1v) is 6.70. The molecule has 1 aliphatic heterocycles. The first kappa shape index (κ1) is 12.4. The molecule has 19 heavy (non-hydrogen) atoms. The summed E-state index contributed by atoms with van der Waals surface area (Å²) in [5.74, 6) is 1.07. The fourth-order valence-corrected chi connectivity index (χ4v) is 2.71. The number of ether oxygens (including phenoxy) is 1. The molecule has 1 atom stereocenters. The summed E-state index contributed by atoms with van der Waals surface area (Å²) in [7, 11) is 1.75. The first-order valence-electron chi connectivity index (χ1n) is 6.70. The lowest BCUT2D eigenvalue weighted by Gasteiger charge is -2.37. The molecule has 0 radical (unpaired) electrons. The first-order chi connectivity index (χ1) is 9.40. The Bertz CT molecular complexity index is 551. The number of hydrogen-bond acceptors (Lipinski definition) is 4. The van der Waals surface area contributed by atoms with Gasteiger partial charge >= 0.3 is 0 Å². The highest BCUT2D eigenvalue weighted by Gasteiger charge is 2.24. The maximum Gasteiger partial charge on any atom is 0.136 e. The third-order valence-electron chi connectivity index (χ3n) is 3.63. The quantitative estimate of drug-likeness (QED) is 0.907. The van der Waals surface area contributed by atoms with Crippen LogP contribution in [0.3, 0.4) is 0 Å². The smallest absolute Gasteiger partial charge is 0.136 e. The van der Waals surface area contributed by atoms with Crippen molar-refractivity contribution in [3.63, 3.8) is 0 Å². The Morgan fingerprint density at radius 3 is 3.16 bits per heavy atom. The molecular formula is C15H19N3O. The Hall–Kier alpha value is -1.65. The van der Waals surface area contributed by atoms with Crippen molar-refractivity contribution in [2.24, 2.45) is 0 Å². The summed E-state index contributed by atoms with van der Waals surface area (Å²) in [6, 6.07) is 10.8. The molecule has 100 valence electrons. The number of methoxy groups -OCH3 is 1. The number of hydrogen-bond donors (Lipinski definition) is 1. The standard InChI is InChI=1S/C15H19N3O/c1-19-11-13-10-16-8-9-18(13)15-14-5-3-2-4-12(14)6-7-17-15/h2-7,13,16H,8-11H2,1H3. The topological polar surface area (TPSA) is 37.4 Å². The minimum Gasteiger partial charge on any atom is -0.383 e. The molecule has 1 fully saturated rings. The Morgan fingerprint density at radius 2 is 2.26 bits per heavy atom. The maximum absolute atomic E-state index is 5.34. The van der Waals surface area contributed by atoms with E-state index in [4.69, 9.17) is 4.74 Å². The van der Waals surface area contributed by atoms with Gasteiger partial charge in [-0.05, 0) is 11.5 Å². The molecule has 2 heterocycles. The second kappa shape index (κ2) is 5.55. The molecule has 1 aliphatic rings. The van der Waals surface area contributed by atoms with E-state index in [-0.39, 0.29) is 0 Å². The molecular weight excluding hydrogens is 238 g/mol. The van der Waals surface area contributed by atoms with Gasteiger partial charge in [0.1, 0.15) is 5.82 Å². The largest absolute Gasteiger partial charge is 0.383 e. The summed E-state index contributed by atoms with van der Waals surface area (Å²) >= 11 is 0. The van der Waals surface area contributed by atoms with E-state index in [9.17, 15) is 0 Å². The van der Waals surface area contributed by atoms with Gasteiger partial charge in [-0.1, -0.05) is 24.3 Å². The van der Waals surface area contributed by atoms with Crippen molar-refractivity contribution in [2.45, 2.75) is 6.04 Å². The Morgan fingerprint density at radius 1 is 1.37 bits per heavy atom. The number of aromatic nitrogens is 1. The Kier molecular flexibility index (Phi) is 3.62. The molecule has 0 saturated carbocycles. The predicted molar refractivity (Wildman–Crippen MR) is 77.6 cm³/mol. The predicted octanol–water partition coefficient (Wildman–Crippen LogP) is 1.66. The molecule has 1 saturated heterocycles. The summed E-state index contributed by atoms with van der Waals surface area (Å²) in [4.78, 5) is 6.97. The highest BCUT2D eigenvalue weighted by molar-refractivity contribution is 5.92. The lowest BCUT2D eigenvalue weighted by atomic mass is 10.1. The Labute approximate surface area is 113 Å². The third kappa shape index (κ3) is 2.41. The van der Waals surface area contributed by atoms with Gasteiger partial charge in [-0.3, -0.25) is 0 Å². The zero-order chi connectivity index (χ0) is 13.1. The molecule has 0 amide bonds. The molecule has 0 aliphatic carbocycles. The van der Waals surface area contributed by atoms with Gasteiger partial charge in [0.2, 0.25) is 0 Å². The number of rotatable bonds is 3. The highest BCUT2D eigenvalue weighted by atomic mass is 16.5. The summed E-state index contributed by atoms with van der Waals surface area (Å²) in [5, 5.41) is 5.87. The van der Waals surface area contributed by atoms with Crippen molar-refractivity contribution in [3.8, 4) is 0 Å². The molecule has 1 aromatic carbocycles. The maximum atomic E-state index is 5.34. The van der Waals surface area contributed by atoms with E-state index in [1.165, 1.54) is 10.8 Å². The number of pyridine rings is 1. The van der Waals surface area contributed by atoms with Gasteiger partial charge in [-0.2, -0.15) is 0 Å². The van der Waals surface area contributed by atoms with Crippen LogP contribution >= 0.6 is 0 Å². The van der Waals surface area contributed by atoms with Crippen LogP contribution in [0.2, 0.25) is 0 Å². The fraction of sp³-hybridized carbons (Fsp3) is 0.400. The van der Waals surface area contributed by atoms with Crippen LogP contribution in [0.15, 0.2) is 36.5 Å². The molecule has 0 spiro atoms. The van der Waals surface area contributed by atoms with E-state index in [1.807, 2.05) is 6.20 Å². The molecule has 3 rings (SSSR count). The van der Waals surface area contributed by atoms with Crippen LogP contribution in [0.25, 0.3) is 10.8 Å². The summed E-state index contributed by atoms with van der Waals surface area (Å²) in [6.45, 7) is 3.62. The molecule has 0 bridgehead atoms. The van der Waals surface area contributed by atoms with Gasteiger partial charge in [0.05, 0.1) is 12.6 Å². The average Bonchev–Trinajstić information content (AvgIpc) is 2.48. The molecule has 1 aromatic heterocycles. The van der Waals surface area contributed by atoms with Crippen molar-refractivity contribution in [3.05, 3.63) is 36.5 Å². The van der Waals surface area contributed by atoms with Crippen molar-refractivity contribution in [1.82, 2.24) is 10.3 Å². The van der Waals surface area contributed by atoms with Gasteiger partial charge in [0.15, 0.2) is 0 Å². The van der Waals surface area contributed by atoms with E-state index in [2.05, 4.69) is 45.5 Å². The molecule has 4 nitrogen and oxygen atoms in total. The van der Waals surface area contributed by atoms with Crippen molar-refractivity contribution in [2.75, 3.05) is 38.3 Å². The van der Waals surface area contributed by atoms with Crippen molar-refractivity contribution < 1.29 is 4.74 Å². The number of nitrogens with zero attached hydrogens (tertiary/aromatic N) is 2. The second-order valence-corrected chi connectivity index (χ2v) is 4.86. The second-order valence-electron chi connectivity index (χ2n) is 4.86. The zero-order valence-electron chi connectivity index (χ0n) is 11.2. The summed E-state index contributed by atoms with van der Waals surface area (Å²) < 4.78 is 5.34. The normalized spacial score (nSPS) is 19.8. The minimum absolute atomic E-state index is 0.344. The molecule has 1 N–H and O–H groups in total. The number of anilines is 1. The molecule has 4 heteroatoms. The summed E-state index contributed by atoms with van der Waals surface area (Å²) in [5.41, 5.74) is 0. The number of fused-ring (bicyclic) bond motifs is 1. The van der Waals surface area contributed by atoms with Gasteiger partial charge < -0.3 is 15.0 Å². The van der Waals surface area contributed by atoms with Crippen LogP contribution < -0.4 is 10.2 Å². The highest BCUT2D eigenvalue weighted by Crippen LogP contribution is 2.26. The van der Waals surface area contributed by atoms with Gasteiger partial charge in [0, 0.05) is 38.3 Å². The molecule has 2 aromatic rings. The van der Waals surface area contributed by atoms with E-state index in [1.54, 1.807) is 7.11 Å². The van der Waals surface area contributed by atoms with E-state index >= 15 is 0 Å². The minimum atomic E-state index is 0.344. The Balaban J connectivity index is 2.02. The van der Waals surface area contributed by atoms with Gasteiger partial charge in [-0.25, -0.2) is 4.98 Å². The third-order valence-corrected chi connectivity index (χ3v) is 3.63. The van der Waals surface area contributed by atoms with Crippen LogP contribution in [0.4, 0.5) is 5.82 Å². The van der Waals surface area contributed by atoms with Crippen LogP contribution in [-0.2, 0) is 4.74 Å². The van der Waals surface area contributed by atoms with E-state index < -0.39 is 0 Å². The van der Waals surface area contributed by atoms with E-state index in [0.717, 1.165) is 32.1 Å². The number of nitrogens with one attached hydrogen (secondary N) is 1. The van der Waals surface area contributed by atoms with Crippen LogP contribution in [0.1, 0.15) is 0 Å². The van der Waals surface area contributed by atoms with Crippen molar-refractivity contribution >= 4 is 16.6 Å². The zero-order valence-corrected chi connectivity index (χ0v) is 11.2.